The Labute approximate surface area is 159 Å². The third kappa shape index (κ3) is 3.98. The number of furan rings is 1. The fraction of sp³-hybridized carbons (Fsp3) is 0.318. The van der Waals surface area contributed by atoms with Gasteiger partial charge in [0.1, 0.15) is 23.7 Å². The van der Waals surface area contributed by atoms with Gasteiger partial charge in [0.25, 0.3) is 5.91 Å². The summed E-state index contributed by atoms with van der Waals surface area (Å²) in [5.74, 6) is 1.77. The van der Waals surface area contributed by atoms with E-state index in [0.717, 1.165) is 49.6 Å². The zero-order valence-electron chi connectivity index (χ0n) is 15.6. The average Bonchev–Trinajstić information content (AvgIpc) is 3.09. The molecule has 2 heterocycles. The van der Waals surface area contributed by atoms with Gasteiger partial charge in [0, 0.05) is 38.1 Å². The minimum atomic E-state index is 0.0511. The lowest BCUT2D eigenvalue weighted by Gasteiger charge is -2.34. The number of aryl methyl sites for hydroxylation is 1. The molecule has 1 aliphatic heterocycles. The van der Waals surface area contributed by atoms with E-state index in [1.54, 1.807) is 0 Å². The second kappa shape index (κ2) is 7.84. The molecule has 0 unspecified atom stereocenters. The molecule has 0 N–H and O–H groups in total. The van der Waals surface area contributed by atoms with Crippen LogP contribution in [0.2, 0.25) is 0 Å². The largest absolute Gasteiger partial charge is 0.492 e. The molecule has 0 radical (unpaired) electrons. The van der Waals surface area contributed by atoms with Crippen molar-refractivity contribution in [2.45, 2.75) is 6.92 Å². The van der Waals surface area contributed by atoms with E-state index < -0.39 is 0 Å². The number of rotatable bonds is 5. The van der Waals surface area contributed by atoms with Crippen LogP contribution in [-0.2, 0) is 0 Å². The number of ether oxygens (including phenoxy) is 1. The van der Waals surface area contributed by atoms with Gasteiger partial charge in [-0.25, -0.2) is 0 Å². The summed E-state index contributed by atoms with van der Waals surface area (Å²) >= 11 is 0. The lowest BCUT2D eigenvalue weighted by Crippen LogP contribution is -2.49. The summed E-state index contributed by atoms with van der Waals surface area (Å²) in [4.78, 5) is 17.2. The molecule has 3 aromatic rings. The first-order valence-electron chi connectivity index (χ1n) is 9.39. The topological polar surface area (TPSA) is 45.9 Å². The van der Waals surface area contributed by atoms with Crippen LogP contribution in [0.5, 0.6) is 5.75 Å². The highest BCUT2D eigenvalue weighted by Crippen LogP contribution is 2.24. The molecule has 5 heteroatoms. The van der Waals surface area contributed by atoms with Gasteiger partial charge < -0.3 is 14.1 Å². The highest BCUT2D eigenvalue weighted by molar-refractivity contribution is 6.05. The number of hydrogen-bond acceptors (Lipinski definition) is 4. The first-order chi connectivity index (χ1) is 13.2. The maximum absolute atomic E-state index is 13.0. The Morgan fingerprint density at radius 2 is 1.81 bits per heavy atom. The molecule has 140 valence electrons. The quantitative estimate of drug-likeness (QED) is 0.694. The Balaban J connectivity index is 1.31. The van der Waals surface area contributed by atoms with Crippen LogP contribution in [-0.4, -0.2) is 55.0 Å². The molecule has 0 spiro atoms. The van der Waals surface area contributed by atoms with Gasteiger partial charge in [-0.2, -0.15) is 0 Å². The first kappa shape index (κ1) is 17.6. The summed E-state index contributed by atoms with van der Waals surface area (Å²) < 4.78 is 11.5. The highest BCUT2D eigenvalue weighted by Gasteiger charge is 2.24. The monoisotopic (exact) mass is 364 g/mol. The van der Waals surface area contributed by atoms with Crippen LogP contribution < -0.4 is 4.74 Å². The van der Waals surface area contributed by atoms with Crippen LogP contribution in [0.1, 0.15) is 16.1 Å². The number of amides is 1. The lowest BCUT2D eigenvalue weighted by atomic mass is 10.1. The average molecular weight is 364 g/mol. The van der Waals surface area contributed by atoms with Crippen LogP contribution >= 0.6 is 0 Å². The van der Waals surface area contributed by atoms with Crippen LogP contribution in [0.25, 0.3) is 11.0 Å². The van der Waals surface area contributed by atoms with Crippen molar-refractivity contribution in [3.63, 3.8) is 0 Å². The fourth-order valence-electron chi connectivity index (χ4n) is 3.51. The number of piperazine rings is 1. The van der Waals surface area contributed by atoms with E-state index in [1.165, 1.54) is 0 Å². The van der Waals surface area contributed by atoms with Crippen LogP contribution in [0.15, 0.2) is 59.0 Å². The minimum absolute atomic E-state index is 0.0511. The van der Waals surface area contributed by atoms with Crippen LogP contribution in [0.3, 0.4) is 0 Å². The van der Waals surface area contributed by atoms with E-state index in [2.05, 4.69) is 4.90 Å². The smallest absolute Gasteiger partial charge is 0.257 e. The summed E-state index contributed by atoms with van der Waals surface area (Å²) in [5.41, 5.74) is 1.35. The van der Waals surface area contributed by atoms with E-state index in [4.69, 9.17) is 9.15 Å². The van der Waals surface area contributed by atoms with Crippen LogP contribution in [0, 0.1) is 6.92 Å². The van der Waals surface area contributed by atoms with Crippen molar-refractivity contribution in [1.82, 2.24) is 9.80 Å². The Kier molecular flexibility index (Phi) is 5.12. The third-order valence-corrected chi connectivity index (χ3v) is 4.98. The predicted molar refractivity (Wildman–Crippen MR) is 105 cm³/mol. The SMILES string of the molecule is Cc1cc2cccc(C(=O)N3CCN(CCOc4ccccc4)CC3)c2o1. The van der Waals surface area contributed by atoms with Crippen molar-refractivity contribution in [2.24, 2.45) is 0 Å². The van der Waals surface area contributed by atoms with Crippen molar-refractivity contribution in [3.05, 3.63) is 65.9 Å². The molecular formula is C22H24N2O3. The molecule has 1 amide bonds. The molecule has 0 aliphatic carbocycles. The summed E-state index contributed by atoms with van der Waals surface area (Å²) in [6.07, 6.45) is 0. The summed E-state index contributed by atoms with van der Waals surface area (Å²) in [6, 6.07) is 17.6. The number of hydrogen-bond donors (Lipinski definition) is 0. The van der Waals surface area contributed by atoms with Crippen molar-refractivity contribution in [1.29, 1.82) is 0 Å². The number of carbonyl (C=O) groups is 1. The van der Waals surface area contributed by atoms with Gasteiger partial charge in [-0.3, -0.25) is 9.69 Å². The third-order valence-electron chi connectivity index (χ3n) is 4.98. The number of nitrogens with zero attached hydrogens (tertiary/aromatic N) is 2. The molecular weight excluding hydrogens is 340 g/mol. The molecule has 0 saturated carbocycles. The lowest BCUT2D eigenvalue weighted by molar-refractivity contribution is 0.0621. The van der Waals surface area contributed by atoms with Crippen LogP contribution in [0.4, 0.5) is 0 Å². The van der Waals surface area contributed by atoms with E-state index >= 15 is 0 Å². The van der Waals surface area contributed by atoms with Gasteiger partial charge in [0.05, 0.1) is 5.56 Å². The summed E-state index contributed by atoms with van der Waals surface area (Å²) in [7, 11) is 0. The molecule has 1 aliphatic rings. The molecule has 4 rings (SSSR count). The molecule has 1 aromatic heterocycles. The highest BCUT2D eigenvalue weighted by atomic mass is 16.5. The van der Waals surface area contributed by atoms with Gasteiger partial charge in [0.15, 0.2) is 0 Å². The van der Waals surface area contributed by atoms with E-state index in [-0.39, 0.29) is 5.91 Å². The standard InChI is InChI=1S/C22H24N2O3/c1-17-16-18-6-5-9-20(21(18)27-17)22(25)24-12-10-23(11-13-24)14-15-26-19-7-3-2-4-8-19/h2-9,16H,10-15H2,1H3. The van der Waals surface area contributed by atoms with Gasteiger partial charge in [-0.05, 0) is 31.2 Å². The van der Waals surface area contributed by atoms with E-state index in [1.807, 2.05) is 66.4 Å². The molecule has 0 atom stereocenters. The molecule has 27 heavy (non-hydrogen) atoms. The minimum Gasteiger partial charge on any atom is -0.492 e. The number of carbonyl (C=O) groups excluding carboxylic acids is 1. The maximum Gasteiger partial charge on any atom is 0.257 e. The zero-order valence-corrected chi connectivity index (χ0v) is 15.6. The van der Waals surface area contributed by atoms with Crippen molar-refractivity contribution in [3.8, 4) is 5.75 Å². The Morgan fingerprint density at radius 1 is 1.04 bits per heavy atom. The maximum atomic E-state index is 13.0. The van der Waals surface area contributed by atoms with Gasteiger partial charge in [-0.15, -0.1) is 0 Å². The number of fused-ring (bicyclic) bond motifs is 1. The van der Waals surface area contributed by atoms with Gasteiger partial charge in [-0.1, -0.05) is 30.3 Å². The Morgan fingerprint density at radius 3 is 2.59 bits per heavy atom. The number of benzene rings is 2. The van der Waals surface area contributed by atoms with Crippen molar-refractivity contribution in [2.75, 3.05) is 39.3 Å². The molecule has 1 saturated heterocycles. The number of para-hydroxylation sites is 2. The van der Waals surface area contributed by atoms with Crippen molar-refractivity contribution >= 4 is 16.9 Å². The normalized spacial score (nSPS) is 15.2. The predicted octanol–water partition coefficient (Wildman–Crippen LogP) is 3.58. The second-order valence-corrected chi connectivity index (χ2v) is 6.88. The fourth-order valence-corrected chi connectivity index (χ4v) is 3.51. The van der Waals surface area contributed by atoms with Crippen molar-refractivity contribution < 1.29 is 13.9 Å². The molecule has 1 fully saturated rings. The zero-order chi connectivity index (χ0) is 18.6. The molecule has 2 aromatic carbocycles. The molecule has 5 nitrogen and oxygen atoms in total. The van der Waals surface area contributed by atoms with E-state index in [0.29, 0.717) is 17.8 Å². The van der Waals surface area contributed by atoms with E-state index in [9.17, 15) is 4.79 Å². The van der Waals surface area contributed by atoms with Gasteiger partial charge in [0.2, 0.25) is 0 Å². The molecule has 0 bridgehead atoms. The van der Waals surface area contributed by atoms with Gasteiger partial charge >= 0.3 is 0 Å². The summed E-state index contributed by atoms with van der Waals surface area (Å²) in [5, 5.41) is 0.982. The Hall–Kier alpha value is -2.79. The summed E-state index contributed by atoms with van der Waals surface area (Å²) in [6.45, 7) is 6.59. The Bertz CT molecular complexity index is 912. The second-order valence-electron chi connectivity index (χ2n) is 6.88. The first-order valence-corrected chi connectivity index (χ1v) is 9.39.